The van der Waals surface area contributed by atoms with Gasteiger partial charge in [0.15, 0.2) is 0 Å². The third-order valence-electron chi connectivity index (χ3n) is 9.72. The van der Waals surface area contributed by atoms with Crippen molar-refractivity contribution in [2.75, 3.05) is 13.1 Å². The summed E-state index contributed by atoms with van der Waals surface area (Å²) in [5.41, 5.74) is 8.87. The summed E-state index contributed by atoms with van der Waals surface area (Å²) in [7, 11) is 0. The highest BCUT2D eigenvalue weighted by atomic mass is 16.2. The number of piperazine rings is 1. The Morgan fingerprint density at radius 1 is 0.583 bits per heavy atom. The SMILES string of the molecule is CCc1ccc(-c2cc(C(=O)N3C[C@H](C)N(C(=O)c4cc(-c5ccc(CC)cc5)nc5ccccc45)C[C@@H]3C)c3ccccc3n2)cc1. The molecule has 7 rings (SSSR count). The quantitative estimate of drug-likeness (QED) is 0.184. The van der Waals surface area contributed by atoms with Crippen molar-refractivity contribution in [1.29, 1.82) is 0 Å². The smallest absolute Gasteiger partial charge is 0.254 e. The maximum Gasteiger partial charge on any atom is 0.254 e. The van der Waals surface area contributed by atoms with Crippen LogP contribution in [0.25, 0.3) is 44.3 Å². The largest absolute Gasteiger partial charge is 0.332 e. The Hall–Kier alpha value is -5.36. The van der Waals surface area contributed by atoms with Crippen LogP contribution in [0.4, 0.5) is 0 Å². The van der Waals surface area contributed by atoms with Gasteiger partial charge < -0.3 is 9.80 Å². The number of fused-ring (bicyclic) bond motifs is 2. The Morgan fingerprint density at radius 3 is 1.33 bits per heavy atom. The van der Waals surface area contributed by atoms with Gasteiger partial charge in [0.25, 0.3) is 11.8 Å². The first-order valence-electron chi connectivity index (χ1n) is 16.9. The molecule has 1 fully saturated rings. The van der Waals surface area contributed by atoms with Gasteiger partial charge >= 0.3 is 0 Å². The number of pyridine rings is 2. The van der Waals surface area contributed by atoms with Crippen LogP contribution in [0, 0.1) is 0 Å². The Kier molecular flexibility index (Phi) is 8.49. The fourth-order valence-electron chi connectivity index (χ4n) is 6.82. The summed E-state index contributed by atoms with van der Waals surface area (Å²) in [6.07, 6.45) is 1.93. The van der Waals surface area contributed by atoms with Crippen molar-refractivity contribution in [2.24, 2.45) is 0 Å². The molecule has 2 atom stereocenters. The summed E-state index contributed by atoms with van der Waals surface area (Å²) in [6.45, 7) is 9.19. The zero-order valence-corrected chi connectivity index (χ0v) is 28.0. The number of aromatic nitrogens is 2. The maximum absolute atomic E-state index is 14.4. The molecule has 0 radical (unpaired) electrons. The lowest BCUT2D eigenvalue weighted by Gasteiger charge is -2.44. The van der Waals surface area contributed by atoms with Crippen LogP contribution in [0.15, 0.2) is 109 Å². The lowest BCUT2D eigenvalue weighted by Crippen LogP contribution is -2.59. The van der Waals surface area contributed by atoms with Crippen LogP contribution in [0.5, 0.6) is 0 Å². The van der Waals surface area contributed by atoms with Crippen LogP contribution in [0.1, 0.15) is 59.5 Å². The molecule has 6 nitrogen and oxygen atoms in total. The van der Waals surface area contributed by atoms with Crippen molar-refractivity contribution in [3.05, 3.63) is 131 Å². The number of para-hydroxylation sites is 2. The van der Waals surface area contributed by atoms with Gasteiger partial charge in [0.2, 0.25) is 0 Å². The molecule has 2 amide bonds. The number of nitrogens with zero attached hydrogens (tertiary/aromatic N) is 4. The first kappa shape index (κ1) is 31.3. The third-order valence-corrected chi connectivity index (χ3v) is 9.72. The zero-order chi connectivity index (χ0) is 33.4. The number of rotatable bonds is 6. The minimum Gasteiger partial charge on any atom is -0.332 e. The molecule has 0 unspecified atom stereocenters. The standard InChI is InChI=1S/C42H40N4O2/c1-5-29-15-19-31(20-16-29)39-23-35(33-11-7-9-13-37(33)43-39)41(47)45-25-28(4)46(26-27(45)3)42(48)36-24-40(32-21-17-30(6-2)18-22-32)44-38-14-10-8-12-34(36)38/h7-24,27-28H,5-6,25-26H2,1-4H3/t27-,28-/m0/s1. The number of carbonyl (C=O) groups is 2. The van der Waals surface area contributed by atoms with E-state index in [1.807, 2.05) is 84.3 Å². The van der Waals surface area contributed by atoms with Gasteiger partial charge in [0, 0.05) is 47.1 Å². The van der Waals surface area contributed by atoms with E-state index in [1.165, 1.54) is 11.1 Å². The van der Waals surface area contributed by atoms with Crippen molar-refractivity contribution in [1.82, 2.24) is 19.8 Å². The first-order chi connectivity index (χ1) is 23.3. The van der Waals surface area contributed by atoms with Gasteiger partial charge in [-0.2, -0.15) is 0 Å². The van der Waals surface area contributed by atoms with Crippen molar-refractivity contribution >= 4 is 33.6 Å². The Labute approximate surface area is 282 Å². The van der Waals surface area contributed by atoms with E-state index in [0.717, 1.165) is 57.2 Å². The molecule has 2 aromatic heterocycles. The van der Waals surface area contributed by atoms with E-state index in [0.29, 0.717) is 24.2 Å². The molecule has 48 heavy (non-hydrogen) atoms. The lowest BCUT2D eigenvalue weighted by atomic mass is 9.99. The molecule has 1 saturated heterocycles. The topological polar surface area (TPSA) is 66.4 Å². The van der Waals surface area contributed by atoms with Crippen molar-refractivity contribution in [3.63, 3.8) is 0 Å². The van der Waals surface area contributed by atoms with Gasteiger partial charge in [-0.05, 0) is 62.1 Å². The second-order valence-corrected chi connectivity index (χ2v) is 12.9. The highest BCUT2D eigenvalue weighted by Gasteiger charge is 2.36. The van der Waals surface area contributed by atoms with Gasteiger partial charge in [0.05, 0.1) is 33.5 Å². The molecule has 1 aliphatic rings. The number of hydrogen-bond donors (Lipinski definition) is 0. The molecule has 240 valence electrons. The van der Waals surface area contributed by atoms with Gasteiger partial charge in [-0.25, -0.2) is 9.97 Å². The number of carbonyl (C=O) groups excluding carboxylic acids is 2. The predicted octanol–water partition coefficient (Wildman–Crippen LogP) is 8.62. The average molecular weight is 633 g/mol. The predicted molar refractivity (Wildman–Crippen MR) is 194 cm³/mol. The fourth-order valence-corrected chi connectivity index (χ4v) is 6.82. The molecule has 4 aromatic carbocycles. The summed E-state index contributed by atoms with van der Waals surface area (Å²) in [5, 5.41) is 1.66. The number of aryl methyl sites for hydroxylation is 2. The highest BCUT2D eigenvalue weighted by Crippen LogP contribution is 2.31. The summed E-state index contributed by atoms with van der Waals surface area (Å²) < 4.78 is 0. The van der Waals surface area contributed by atoms with E-state index < -0.39 is 0 Å². The van der Waals surface area contributed by atoms with Crippen LogP contribution in [-0.2, 0) is 12.8 Å². The van der Waals surface area contributed by atoms with Gasteiger partial charge in [-0.3, -0.25) is 9.59 Å². The molecule has 6 aromatic rings. The minimum atomic E-state index is -0.189. The Morgan fingerprint density at radius 2 is 0.958 bits per heavy atom. The van der Waals surface area contributed by atoms with Crippen molar-refractivity contribution < 1.29 is 9.59 Å². The molecule has 0 N–H and O–H groups in total. The molecule has 3 heterocycles. The molecule has 0 bridgehead atoms. The third kappa shape index (κ3) is 5.83. The average Bonchev–Trinajstić information content (AvgIpc) is 3.14. The van der Waals surface area contributed by atoms with Crippen LogP contribution < -0.4 is 0 Å². The summed E-state index contributed by atoms with van der Waals surface area (Å²) in [5.74, 6) is -0.0858. The van der Waals surface area contributed by atoms with Crippen molar-refractivity contribution in [3.8, 4) is 22.5 Å². The fraction of sp³-hybridized carbons (Fsp3) is 0.238. The van der Waals surface area contributed by atoms with Gasteiger partial charge in [-0.15, -0.1) is 0 Å². The summed E-state index contributed by atoms with van der Waals surface area (Å²) in [4.78, 5) is 42.5. The second kappa shape index (κ2) is 13.0. The summed E-state index contributed by atoms with van der Waals surface area (Å²) >= 11 is 0. The maximum atomic E-state index is 14.4. The molecule has 0 saturated carbocycles. The van der Waals surface area contributed by atoms with Crippen LogP contribution in [-0.4, -0.2) is 56.8 Å². The zero-order valence-electron chi connectivity index (χ0n) is 28.0. The normalized spacial score (nSPS) is 16.4. The van der Waals surface area contributed by atoms with E-state index in [9.17, 15) is 9.59 Å². The lowest BCUT2D eigenvalue weighted by molar-refractivity contribution is 0.0272. The van der Waals surface area contributed by atoms with E-state index in [4.69, 9.17) is 9.97 Å². The summed E-state index contributed by atoms with van der Waals surface area (Å²) in [6, 6.07) is 35.9. The molecule has 6 heteroatoms. The van der Waals surface area contributed by atoms with Gasteiger partial charge in [-0.1, -0.05) is 98.8 Å². The highest BCUT2D eigenvalue weighted by molar-refractivity contribution is 6.09. The number of hydrogen-bond acceptors (Lipinski definition) is 4. The van der Waals surface area contributed by atoms with Gasteiger partial charge in [0.1, 0.15) is 0 Å². The van der Waals surface area contributed by atoms with E-state index in [2.05, 4.69) is 62.4 Å². The van der Waals surface area contributed by atoms with Crippen LogP contribution >= 0.6 is 0 Å². The second-order valence-electron chi connectivity index (χ2n) is 12.9. The monoisotopic (exact) mass is 632 g/mol. The number of benzene rings is 4. The first-order valence-corrected chi connectivity index (χ1v) is 16.9. The van der Waals surface area contributed by atoms with E-state index in [1.54, 1.807) is 0 Å². The minimum absolute atomic E-state index is 0.0429. The number of amides is 2. The van der Waals surface area contributed by atoms with Crippen LogP contribution in [0.2, 0.25) is 0 Å². The molecular formula is C42H40N4O2. The Balaban J connectivity index is 1.19. The molecule has 1 aliphatic heterocycles. The molecule has 0 spiro atoms. The van der Waals surface area contributed by atoms with Crippen LogP contribution in [0.3, 0.4) is 0 Å². The van der Waals surface area contributed by atoms with Crippen molar-refractivity contribution in [2.45, 2.75) is 52.6 Å². The van der Waals surface area contributed by atoms with E-state index in [-0.39, 0.29) is 23.9 Å². The van der Waals surface area contributed by atoms with E-state index >= 15 is 0 Å². The molecular weight excluding hydrogens is 592 g/mol. The molecule has 0 aliphatic carbocycles. The Bertz CT molecular complexity index is 1980.